The molecule has 0 saturated carbocycles. The van der Waals surface area contributed by atoms with Crippen molar-refractivity contribution in [1.82, 2.24) is 9.97 Å². The van der Waals surface area contributed by atoms with Gasteiger partial charge in [-0.25, -0.2) is 9.97 Å². The zero-order valence-electron chi connectivity index (χ0n) is 8.32. The van der Waals surface area contributed by atoms with Crippen LogP contribution >= 0.6 is 46.6 Å². The van der Waals surface area contributed by atoms with Crippen LogP contribution in [0.5, 0.6) is 0 Å². The summed E-state index contributed by atoms with van der Waals surface area (Å²) in [6, 6.07) is 5.17. The minimum Gasteiger partial charge on any atom is -0.394 e. The molecule has 0 unspecified atom stereocenters. The zero-order chi connectivity index (χ0) is 12.4. The summed E-state index contributed by atoms with van der Waals surface area (Å²) in [7, 11) is 0. The number of hydrogen-bond acceptors (Lipinski definition) is 4. The van der Waals surface area contributed by atoms with Gasteiger partial charge in [0.2, 0.25) is 0 Å². The van der Waals surface area contributed by atoms with Crippen molar-refractivity contribution < 1.29 is 0 Å². The van der Waals surface area contributed by atoms with Gasteiger partial charge in [0.15, 0.2) is 5.15 Å². The normalized spacial score (nSPS) is 10.5. The van der Waals surface area contributed by atoms with Gasteiger partial charge in [-0.2, -0.15) is 0 Å². The molecule has 17 heavy (non-hydrogen) atoms. The molecular formula is C10H6Cl3N3S. The van der Waals surface area contributed by atoms with Crippen molar-refractivity contribution in [3.8, 4) is 0 Å². The van der Waals surface area contributed by atoms with E-state index in [9.17, 15) is 0 Å². The third-order valence-electron chi connectivity index (χ3n) is 1.90. The third kappa shape index (κ3) is 2.96. The van der Waals surface area contributed by atoms with Gasteiger partial charge < -0.3 is 5.73 Å². The van der Waals surface area contributed by atoms with Crippen LogP contribution in [0.25, 0.3) is 0 Å². The van der Waals surface area contributed by atoms with Gasteiger partial charge in [0.1, 0.15) is 17.0 Å². The summed E-state index contributed by atoms with van der Waals surface area (Å²) >= 11 is 19.0. The number of halogens is 3. The number of hydrogen-bond donors (Lipinski definition) is 1. The first-order valence-corrected chi connectivity index (χ1v) is 6.42. The molecule has 1 aromatic carbocycles. The molecule has 0 aliphatic carbocycles. The number of nitrogens with zero attached hydrogens (tertiary/aromatic N) is 2. The molecule has 88 valence electrons. The summed E-state index contributed by atoms with van der Waals surface area (Å²) in [5.74, 6) is 0. The third-order valence-corrected chi connectivity index (χ3v) is 3.95. The predicted molar refractivity (Wildman–Crippen MR) is 72.0 cm³/mol. The van der Waals surface area contributed by atoms with Crippen LogP contribution in [-0.4, -0.2) is 9.97 Å². The summed E-state index contributed by atoms with van der Waals surface area (Å²) < 4.78 is 0. The van der Waals surface area contributed by atoms with Gasteiger partial charge >= 0.3 is 0 Å². The second kappa shape index (κ2) is 5.31. The van der Waals surface area contributed by atoms with E-state index in [0.717, 1.165) is 4.90 Å². The average molecular weight is 307 g/mol. The van der Waals surface area contributed by atoms with Gasteiger partial charge in [-0.3, -0.25) is 0 Å². The Bertz CT molecular complexity index is 562. The van der Waals surface area contributed by atoms with E-state index >= 15 is 0 Å². The molecule has 0 aliphatic heterocycles. The molecule has 0 aliphatic rings. The number of anilines is 1. The second-order valence-electron chi connectivity index (χ2n) is 3.06. The van der Waals surface area contributed by atoms with E-state index < -0.39 is 0 Å². The maximum Gasteiger partial charge on any atom is 0.156 e. The van der Waals surface area contributed by atoms with Gasteiger partial charge in [-0.05, 0) is 18.2 Å². The van der Waals surface area contributed by atoms with Crippen molar-refractivity contribution in [2.75, 3.05) is 5.73 Å². The van der Waals surface area contributed by atoms with Crippen molar-refractivity contribution in [3.05, 3.63) is 39.7 Å². The molecule has 2 N–H and O–H groups in total. The summed E-state index contributed by atoms with van der Waals surface area (Å²) in [5.41, 5.74) is 6.09. The lowest BCUT2D eigenvalue weighted by Crippen LogP contribution is -1.95. The van der Waals surface area contributed by atoms with Crippen LogP contribution in [0, 0.1) is 0 Å². The van der Waals surface area contributed by atoms with Crippen LogP contribution in [0.1, 0.15) is 0 Å². The first-order valence-electron chi connectivity index (χ1n) is 4.47. The molecule has 0 bridgehead atoms. The smallest absolute Gasteiger partial charge is 0.156 e. The van der Waals surface area contributed by atoms with E-state index in [2.05, 4.69) is 9.97 Å². The van der Waals surface area contributed by atoms with Crippen molar-refractivity contribution in [1.29, 1.82) is 0 Å². The summed E-state index contributed by atoms with van der Waals surface area (Å²) in [6.45, 7) is 0. The summed E-state index contributed by atoms with van der Waals surface area (Å²) in [6.07, 6.45) is 1.35. The fraction of sp³-hybridized carbons (Fsp3) is 0. The number of nitrogens with two attached hydrogens (primary N) is 1. The van der Waals surface area contributed by atoms with E-state index in [-0.39, 0.29) is 5.15 Å². The van der Waals surface area contributed by atoms with E-state index in [1.807, 2.05) is 0 Å². The largest absolute Gasteiger partial charge is 0.394 e. The highest BCUT2D eigenvalue weighted by Crippen LogP contribution is 2.37. The monoisotopic (exact) mass is 305 g/mol. The van der Waals surface area contributed by atoms with Gasteiger partial charge in [0.05, 0.1) is 5.02 Å². The Labute approximate surface area is 117 Å². The predicted octanol–water partition coefficient (Wildman–Crippen LogP) is 4.17. The standard InChI is InChI=1S/C10H6Cl3N3S/c11-5-1-2-6(12)7(3-5)17-10-8(14)9(13)15-4-16-10/h1-4H,14H2. The van der Waals surface area contributed by atoms with Crippen molar-refractivity contribution >= 4 is 52.3 Å². The van der Waals surface area contributed by atoms with Crippen LogP contribution in [0.3, 0.4) is 0 Å². The molecule has 1 heterocycles. The van der Waals surface area contributed by atoms with Crippen molar-refractivity contribution in [3.63, 3.8) is 0 Å². The second-order valence-corrected chi connectivity index (χ2v) is 5.29. The maximum absolute atomic E-state index is 6.04. The highest BCUT2D eigenvalue weighted by molar-refractivity contribution is 7.99. The molecular weight excluding hydrogens is 301 g/mol. The van der Waals surface area contributed by atoms with Gasteiger partial charge in [-0.1, -0.05) is 46.6 Å². The molecule has 0 spiro atoms. The summed E-state index contributed by atoms with van der Waals surface area (Å²) in [4.78, 5) is 8.59. The molecule has 1 aromatic heterocycles. The Hall–Kier alpha value is -0.680. The molecule has 2 aromatic rings. The van der Waals surface area contributed by atoms with E-state index in [0.29, 0.717) is 20.8 Å². The van der Waals surface area contributed by atoms with E-state index in [1.54, 1.807) is 18.2 Å². The average Bonchev–Trinajstić information content (AvgIpc) is 2.30. The molecule has 0 saturated heterocycles. The Morgan fingerprint density at radius 1 is 1.12 bits per heavy atom. The lowest BCUT2D eigenvalue weighted by molar-refractivity contribution is 1.06. The lowest BCUT2D eigenvalue weighted by Gasteiger charge is -2.06. The number of aromatic nitrogens is 2. The topological polar surface area (TPSA) is 51.8 Å². The van der Waals surface area contributed by atoms with Crippen LogP contribution in [0.2, 0.25) is 15.2 Å². The van der Waals surface area contributed by atoms with Crippen LogP contribution < -0.4 is 5.73 Å². The Kier molecular flexibility index (Phi) is 3.99. The molecule has 2 rings (SSSR count). The van der Waals surface area contributed by atoms with Crippen LogP contribution in [0.15, 0.2) is 34.4 Å². The van der Waals surface area contributed by atoms with Gasteiger partial charge in [0, 0.05) is 9.92 Å². The molecule has 0 atom stereocenters. The van der Waals surface area contributed by atoms with Crippen molar-refractivity contribution in [2.45, 2.75) is 9.92 Å². The quantitative estimate of drug-likeness (QED) is 0.846. The number of benzene rings is 1. The Balaban J connectivity index is 2.38. The first-order chi connectivity index (χ1) is 8.08. The van der Waals surface area contributed by atoms with E-state index in [4.69, 9.17) is 40.5 Å². The van der Waals surface area contributed by atoms with E-state index in [1.165, 1.54) is 18.1 Å². The number of rotatable bonds is 2. The fourth-order valence-corrected chi connectivity index (χ4v) is 2.63. The SMILES string of the molecule is Nc1c(Cl)ncnc1Sc1cc(Cl)ccc1Cl. The minimum absolute atomic E-state index is 0.223. The molecule has 3 nitrogen and oxygen atoms in total. The number of nitrogen functional groups attached to an aromatic ring is 1. The summed E-state index contributed by atoms with van der Waals surface area (Å²) in [5, 5.41) is 1.94. The van der Waals surface area contributed by atoms with Crippen molar-refractivity contribution in [2.24, 2.45) is 0 Å². The molecule has 0 fully saturated rings. The zero-order valence-corrected chi connectivity index (χ0v) is 11.4. The molecule has 0 radical (unpaired) electrons. The van der Waals surface area contributed by atoms with Gasteiger partial charge in [0.25, 0.3) is 0 Å². The Morgan fingerprint density at radius 2 is 1.88 bits per heavy atom. The fourth-order valence-electron chi connectivity index (χ4n) is 1.10. The minimum atomic E-state index is 0.223. The van der Waals surface area contributed by atoms with Crippen LogP contribution in [-0.2, 0) is 0 Å². The highest BCUT2D eigenvalue weighted by Gasteiger charge is 2.10. The molecule has 7 heteroatoms. The Morgan fingerprint density at radius 3 is 2.65 bits per heavy atom. The van der Waals surface area contributed by atoms with Crippen LogP contribution in [0.4, 0.5) is 5.69 Å². The lowest BCUT2D eigenvalue weighted by atomic mass is 10.4. The van der Waals surface area contributed by atoms with Gasteiger partial charge in [-0.15, -0.1) is 0 Å². The first kappa shape index (κ1) is 12.8. The maximum atomic E-state index is 6.04. The molecule has 0 amide bonds. The highest BCUT2D eigenvalue weighted by atomic mass is 35.5.